The van der Waals surface area contributed by atoms with Gasteiger partial charge in [-0.1, -0.05) is 32.1 Å². The average molecular weight is 340 g/mol. The van der Waals surface area contributed by atoms with Crippen LogP contribution in [0, 0.1) is 5.92 Å². The molecule has 0 aromatic carbocycles. The van der Waals surface area contributed by atoms with Crippen molar-refractivity contribution in [1.82, 2.24) is 10.6 Å². The fourth-order valence-electron chi connectivity index (χ4n) is 3.11. The fraction of sp³-hybridized carbons (Fsp3) is 0.833. The SMILES string of the molecule is CC(CC(=O)NCCCCCCCC(=O)O)NC(=O)C1CCCC1. The van der Waals surface area contributed by atoms with Gasteiger partial charge in [0.25, 0.3) is 0 Å². The molecule has 0 heterocycles. The molecule has 0 radical (unpaired) electrons. The van der Waals surface area contributed by atoms with Gasteiger partial charge in [-0.05, 0) is 32.6 Å². The molecule has 138 valence electrons. The van der Waals surface area contributed by atoms with E-state index in [1.807, 2.05) is 6.92 Å². The van der Waals surface area contributed by atoms with Crippen LogP contribution >= 0.6 is 0 Å². The Hall–Kier alpha value is -1.59. The number of amides is 2. The van der Waals surface area contributed by atoms with Crippen LogP contribution in [0.2, 0.25) is 0 Å². The highest BCUT2D eigenvalue weighted by Crippen LogP contribution is 2.24. The molecular weight excluding hydrogens is 308 g/mol. The van der Waals surface area contributed by atoms with Crippen molar-refractivity contribution in [3.63, 3.8) is 0 Å². The molecule has 3 N–H and O–H groups in total. The number of carbonyl (C=O) groups is 3. The Kier molecular flexibility index (Phi) is 10.1. The van der Waals surface area contributed by atoms with Gasteiger partial charge in [-0.25, -0.2) is 0 Å². The highest BCUT2D eigenvalue weighted by atomic mass is 16.4. The van der Waals surface area contributed by atoms with Gasteiger partial charge in [-0.2, -0.15) is 0 Å². The number of hydrogen-bond acceptors (Lipinski definition) is 3. The summed E-state index contributed by atoms with van der Waals surface area (Å²) in [6, 6.07) is -0.130. The van der Waals surface area contributed by atoms with Crippen molar-refractivity contribution in [1.29, 1.82) is 0 Å². The first kappa shape index (κ1) is 20.5. The minimum Gasteiger partial charge on any atom is -0.481 e. The predicted octanol–water partition coefficient (Wildman–Crippen LogP) is 2.61. The van der Waals surface area contributed by atoms with Gasteiger partial charge in [0.15, 0.2) is 0 Å². The van der Waals surface area contributed by atoms with E-state index in [1.165, 1.54) is 0 Å². The minimum absolute atomic E-state index is 0.0277. The highest BCUT2D eigenvalue weighted by molar-refractivity contribution is 5.81. The first-order valence-corrected chi connectivity index (χ1v) is 9.28. The van der Waals surface area contributed by atoms with Crippen LogP contribution in [0.15, 0.2) is 0 Å². The lowest BCUT2D eigenvalue weighted by atomic mass is 10.1. The van der Waals surface area contributed by atoms with E-state index >= 15 is 0 Å². The van der Waals surface area contributed by atoms with Crippen LogP contribution < -0.4 is 10.6 Å². The van der Waals surface area contributed by atoms with Crippen molar-refractivity contribution in [3.8, 4) is 0 Å². The number of carboxylic acid groups (broad SMARTS) is 1. The van der Waals surface area contributed by atoms with Gasteiger partial charge in [-0.15, -0.1) is 0 Å². The summed E-state index contributed by atoms with van der Waals surface area (Å²) in [7, 11) is 0. The van der Waals surface area contributed by atoms with E-state index in [-0.39, 0.29) is 30.2 Å². The number of aliphatic carboxylic acids is 1. The lowest BCUT2D eigenvalue weighted by molar-refractivity contribution is -0.137. The average Bonchev–Trinajstić information content (AvgIpc) is 3.03. The standard InChI is InChI=1S/C18H32N2O4/c1-14(20-18(24)15-9-6-7-10-15)13-16(21)19-12-8-4-2-3-5-11-17(22)23/h14-15H,2-13H2,1H3,(H,19,21)(H,20,24)(H,22,23). The first-order valence-electron chi connectivity index (χ1n) is 9.28. The summed E-state index contributed by atoms with van der Waals surface area (Å²) in [4.78, 5) is 34.2. The Labute approximate surface area is 144 Å². The first-order chi connectivity index (χ1) is 11.5. The fourth-order valence-corrected chi connectivity index (χ4v) is 3.11. The molecule has 0 bridgehead atoms. The van der Waals surface area contributed by atoms with Crippen LogP contribution in [0.4, 0.5) is 0 Å². The maximum Gasteiger partial charge on any atom is 0.303 e. The van der Waals surface area contributed by atoms with Crippen LogP contribution in [-0.2, 0) is 14.4 Å². The molecule has 0 saturated heterocycles. The monoisotopic (exact) mass is 340 g/mol. The molecular formula is C18H32N2O4. The van der Waals surface area contributed by atoms with Crippen molar-refractivity contribution in [3.05, 3.63) is 0 Å². The van der Waals surface area contributed by atoms with Gasteiger partial charge in [-0.3, -0.25) is 14.4 Å². The maximum atomic E-state index is 12.0. The summed E-state index contributed by atoms with van der Waals surface area (Å²) < 4.78 is 0. The Morgan fingerprint density at radius 3 is 2.33 bits per heavy atom. The summed E-state index contributed by atoms with van der Waals surface area (Å²) in [5.74, 6) is -0.540. The molecule has 2 amide bonds. The third-order valence-corrected chi connectivity index (χ3v) is 4.50. The zero-order valence-electron chi connectivity index (χ0n) is 14.8. The summed E-state index contributed by atoms with van der Waals surface area (Å²) in [5, 5.41) is 14.3. The normalized spacial score (nSPS) is 15.9. The van der Waals surface area contributed by atoms with Crippen LogP contribution in [-0.4, -0.2) is 35.5 Å². The molecule has 0 aliphatic heterocycles. The minimum atomic E-state index is -0.739. The maximum absolute atomic E-state index is 12.0. The van der Waals surface area contributed by atoms with Crippen LogP contribution in [0.5, 0.6) is 0 Å². The number of unbranched alkanes of at least 4 members (excludes halogenated alkanes) is 4. The highest BCUT2D eigenvalue weighted by Gasteiger charge is 2.24. The molecule has 1 unspecified atom stereocenters. The Morgan fingerprint density at radius 1 is 1.04 bits per heavy atom. The van der Waals surface area contributed by atoms with E-state index in [9.17, 15) is 14.4 Å². The van der Waals surface area contributed by atoms with E-state index in [0.29, 0.717) is 13.0 Å². The molecule has 1 aliphatic rings. The summed E-state index contributed by atoms with van der Waals surface area (Å²) in [6.07, 6.45) is 9.29. The molecule has 0 aromatic heterocycles. The van der Waals surface area contributed by atoms with Crippen molar-refractivity contribution >= 4 is 17.8 Å². The topological polar surface area (TPSA) is 95.5 Å². The lowest BCUT2D eigenvalue weighted by Crippen LogP contribution is -2.39. The molecule has 0 spiro atoms. The van der Waals surface area contributed by atoms with Crippen LogP contribution in [0.25, 0.3) is 0 Å². The second kappa shape index (κ2) is 11.9. The van der Waals surface area contributed by atoms with E-state index < -0.39 is 5.97 Å². The van der Waals surface area contributed by atoms with E-state index in [1.54, 1.807) is 0 Å². The Balaban J connectivity index is 1.98. The van der Waals surface area contributed by atoms with Gasteiger partial charge < -0.3 is 15.7 Å². The number of nitrogens with one attached hydrogen (secondary N) is 2. The third-order valence-electron chi connectivity index (χ3n) is 4.50. The second-order valence-corrected chi connectivity index (χ2v) is 6.86. The van der Waals surface area contributed by atoms with Crippen molar-refractivity contribution in [2.75, 3.05) is 6.54 Å². The van der Waals surface area contributed by atoms with Crippen molar-refractivity contribution < 1.29 is 19.5 Å². The number of carbonyl (C=O) groups excluding carboxylic acids is 2. The largest absolute Gasteiger partial charge is 0.481 e. The van der Waals surface area contributed by atoms with E-state index in [0.717, 1.165) is 57.8 Å². The van der Waals surface area contributed by atoms with Crippen molar-refractivity contribution in [2.45, 2.75) is 83.6 Å². The van der Waals surface area contributed by atoms with Gasteiger partial charge in [0, 0.05) is 31.3 Å². The third kappa shape index (κ3) is 9.53. The summed E-state index contributed by atoms with van der Waals surface area (Å²) in [6.45, 7) is 2.51. The predicted molar refractivity (Wildman–Crippen MR) is 92.5 cm³/mol. The zero-order chi connectivity index (χ0) is 17.8. The lowest BCUT2D eigenvalue weighted by Gasteiger charge is -2.16. The van der Waals surface area contributed by atoms with E-state index in [4.69, 9.17) is 5.11 Å². The zero-order valence-corrected chi connectivity index (χ0v) is 14.8. The quantitative estimate of drug-likeness (QED) is 0.476. The molecule has 0 aromatic rings. The molecule has 1 atom stereocenters. The molecule has 6 nitrogen and oxygen atoms in total. The van der Waals surface area contributed by atoms with Gasteiger partial charge in [0.2, 0.25) is 11.8 Å². The van der Waals surface area contributed by atoms with Crippen LogP contribution in [0.3, 0.4) is 0 Å². The molecule has 1 saturated carbocycles. The number of carboxylic acids is 1. The molecule has 6 heteroatoms. The molecule has 1 fully saturated rings. The summed E-state index contributed by atoms with van der Waals surface area (Å²) >= 11 is 0. The Bertz CT molecular complexity index is 406. The summed E-state index contributed by atoms with van der Waals surface area (Å²) in [5.41, 5.74) is 0. The van der Waals surface area contributed by atoms with E-state index in [2.05, 4.69) is 10.6 Å². The van der Waals surface area contributed by atoms with Gasteiger partial charge in [0.05, 0.1) is 0 Å². The van der Waals surface area contributed by atoms with Crippen molar-refractivity contribution in [2.24, 2.45) is 5.92 Å². The van der Waals surface area contributed by atoms with Gasteiger partial charge >= 0.3 is 5.97 Å². The Morgan fingerprint density at radius 2 is 1.67 bits per heavy atom. The van der Waals surface area contributed by atoms with Gasteiger partial charge in [0.1, 0.15) is 0 Å². The smallest absolute Gasteiger partial charge is 0.303 e. The second-order valence-electron chi connectivity index (χ2n) is 6.86. The molecule has 1 rings (SSSR count). The molecule has 24 heavy (non-hydrogen) atoms. The van der Waals surface area contributed by atoms with Crippen LogP contribution in [0.1, 0.15) is 77.6 Å². The number of hydrogen-bond donors (Lipinski definition) is 3. The number of rotatable bonds is 12. The molecule has 1 aliphatic carbocycles.